The second-order valence-corrected chi connectivity index (χ2v) is 5.10. The quantitative estimate of drug-likeness (QED) is 0.727. The zero-order valence-corrected chi connectivity index (χ0v) is 11.4. The van der Waals surface area contributed by atoms with Gasteiger partial charge in [-0.2, -0.15) is 0 Å². The topological polar surface area (TPSA) is 52.0 Å². The van der Waals surface area contributed by atoms with Crippen LogP contribution in [0.3, 0.4) is 0 Å². The molecule has 5 nitrogen and oxygen atoms in total. The van der Waals surface area contributed by atoms with Crippen molar-refractivity contribution in [2.75, 3.05) is 6.61 Å². The van der Waals surface area contributed by atoms with Crippen molar-refractivity contribution >= 4 is 0 Å². The fraction of sp³-hybridized carbons (Fsp3) is 0.846. The Morgan fingerprint density at radius 2 is 2.39 bits per heavy atom. The van der Waals surface area contributed by atoms with Gasteiger partial charge in [0.2, 0.25) is 0 Å². The van der Waals surface area contributed by atoms with E-state index in [0.29, 0.717) is 18.8 Å². The normalized spacial score (nSPS) is 17.0. The van der Waals surface area contributed by atoms with Gasteiger partial charge in [-0.1, -0.05) is 18.6 Å². The Labute approximate surface area is 109 Å². The fourth-order valence-corrected chi connectivity index (χ4v) is 1.90. The van der Waals surface area contributed by atoms with Crippen molar-refractivity contribution in [3.8, 4) is 0 Å². The third-order valence-electron chi connectivity index (χ3n) is 3.15. The summed E-state index contributed by atoms with van der Waals surface area (Å²) in [4.78, 5) is 0. The highest BCUT2D eigenvalue weighted by atomic mass is 16.5. The fourth-order valence-electron chi connectivity index (χ4n) is 1.90. The van der Waals surface area contributed by atoms with Crippen LogP contribution in [0, 0.1) is 0 Å². The van der Waals surface area contributed by atoms with E-state index in [-0.39, 0.29) is 0 Å². The lowest BCUT2D eigenvalue weighted by Crippen LogP contribution is -2.15. The van der Waals surface area contributed by atoms with Crippen LogP contribution >= 0.6 is 0 Å². The lowest BCUT2D eigenvalue weighted by molar-refractivity contribution is 0.0526. The first-order chi connectivity index (χ1) is 8.78. The molecule has 0 saturated heterocycles. The Morgan fingerprint density at radius 3 is 3.11 bits per heavy atom. The Bertz CT molecular complexity index is 349. The van der Waals surface area contributed by atoms with Gasteiger partial charge in [-0.05, 0) is 26.2 Å². The van der Waals surface area contributed by atoms with E-state index in [4.69, 9.17) is 4.74 Å². The Morgan fingerprint density at radius 1 is 1.56 bits per heavy atom. The lowest BCUT2D eigenvalue weighted by atomic mass is 10.2. The molecule has 1 aliphatic carbocycles. The molecular formula is C13H24N4O. The predicted octanol–water partition coefficient (Wildman–Crippen LogP) is 1.74. The zero-order chi connectivity index (χ0) is 12.8. The number of ether oxygens (including phenoxy) is 1. The van der Waals surface area contributed by atoms with Crippen LogP contribution in [0.1, 0.15) is 45.2 Å². The molecule has 1 aromatic heterocycles. The predicted molar refractivity (Wildman–Crippen MR) is 70.2 cm³/mol. The summed E-state index contributed by atoms with van der Waals surface area (Å²) in [5.74, 6) is 0. The molecule has 1 aliphatic rings. The average Bonchev–Trinajstić information content (AvgIpc) is 3.07. The van der Waals surface area contributed by atoms with Crippen LogP contribution in [0.2, 0.25) is 0 Å². The van der Waals surface area contributed by atoms with Gasteiger partial charge in [0.15, 0.2) is 0 Å². The highest BCUT2D eigenvalue weighted by Crippen LogP contribution is 2.18. The minimum Gasteiger partial charge on any atom is -0.377 e. The highest BCUT2D eigenvalue weighted by molar-refractivity contribution is 4.94. The zero-order valence-electron chi connectivity index (χ0n) is 11.4. The van der Waals surface area contributed by atoms with E-state index in [1.54, 1.807) is 0 Å². The summed E-state index contributed by atoms with van der Waals surface area (Å²) in [5, 5.41) is 11.7. The molecule has 1 N–H and O–H groups in total. The first kappa shape index (κ1) is 13.5. The second kappa shape index (κ2) is 6.85. The first-order valence-corrected chi connectivity index (χ1v) is 7.02. The third-order valence-corrected chi connectivity index (χ3v) is 3.15. The van der Waals surface area contributed by atoms with Gasteiger partial charge < -0.3 is 10.1 Å². The van der Waals surface area contributed by atoms with Crippen LogP contribution in [-0.4, -0.2) is 33.7 Å². The molecule has 102 valence electrons. The SMILES string of the molecule is CCCC(C)OCCn1cc(CNC2CC2)nn1. The number of aromatic nitrogens is 3. The van der Waals surface area contributed by atoms with Gasteiger partial charge in [-0.25, -0.2) is 4.68 Å². The summed E-state index contributed by atoms with van der Waals surface area (Å²) in [6.07, 6.45) is 7.24. The highest BCUT2D eigenvalue weighted by Gasteiger charge is 2.20. The molecule has 2 rings (SSSR count). The maximum atomic E-state index is 5.70. The maximum absolute atomic E-state index is 5.70. The van der Waals surface area contributed by atoms with E-state index < -0.39 is 0 Å². The molecule has 1 heterocycles. The molecule has 1 fully saturated rings. The van der Waals surface area contributed by atoms with Gasteiger partial charge in [0, 0.05) is 18.8 Å². The minimum absolute atomic E-state index is 0.342. The Hall–Kier alpha value is -0.940. The van der Waals surface area contributed by atoms with Crippen molar-refractivity contribution in [3.63, 3.8) is 0 Å². The number of hydrogen-bond donors (Lipinski definition) is 1. The van der Waals surface area contributed by atoms with Crippen LogP contribution in [0.15, 0.2) is 6.20 Å². The van der Waals surface area contributed by atoms with Gasteiger partial charge in [-0.15, -0.1) is 5.10 Å². The standard InChI is InChI=1S/C13H24N4O/c1-3-4-11(2)18-8-7-17-10-13(15-16-17)9-14-12-5-6-12/h10-12,14H,3-9H2,1-2H3. The first-order valence-electron chi connectivity index (χ1n) is 7.02. The van der Waals surface area contributed by atoms with E-state index in [0.717, 1.165) is 25.2 Å². The molecule has 0 radical (unpaired) electrons. The summed E-state index contributed by atoms with van der Waals surface area (Å²) in [5.41, 5.74) is 1.02. The van der Waals surface area contributed by atoms with Crippen molar-refractivity contribution in [2.24, 2.45) is 0 Å². The van der Waals surface area contributed by atoms with Crippen molar-refractivity contribution in [1.29, 1.82) is 0 Å². The van der Waals surface area contributed by atoms with Crippen LogP contribution in [0.25, 0.3) is 0 Å². The van der Waals surface area contributed by atoms with Gasteiger partial charge in [0.05, 0.1) is 24.9 Å². The number of nitrogens with one attached hydrogen (secondary N) is 1. The maximum Gasteiger partial charge on any atom is 0.0964 e. The smallest absolute Gasteiger partial charge is 0.0964 e. The molecule has 1 saturated carbocycles. The molecule has 0 aromatic carbocycles. The lowest BCUT2D eigenvalue weighted by Gasteiger charge is -2.11. The van der Waals surface area contributed by atoms with E-state index in [2.05, 4.69) is 29.5 Å². The van der Waals surface area contributed by atoms with Crippen molar-refractivity contribution in [3.05, 3.63) is 11.9 Å². The molecule has 1 aromatic rings. The van der Waals surface area contributed by atoms with Crippen LogP contribution in [0.4, 0.5) is 0 Å². The van der Waals surface area contributed by atoms with E-state index in [1.165, 1.54) is 19.3 Å². The van der Waals surface area contributed by atoms with Gasteiger partial charge in [0.1, 0.15) is 0 Å². The molecular weight excluding hydrogens is 228 g/mol. The van der Waals surface area contributed by atoms with Gasteiger partial charge >= 0.3 is 0 Å². The molecule has 0 bridgehead atoms. The molecule has 0 aliphatic heterocycles. The molecule has 0 spiro atoms. The second-order valence-electron chi connectivity index (χ2n) is 5.10. The van der Waals surface area contributed by atoms with E-state index in [9.17, 15) is 0 Å². The summed E-state index contributed by atoms with van der Waals surface area (Å²) in [6.45, 7) is 6.62. The molecule has 18 heavy (non-hydrogen) atoms. The average molecular weight is 252 g/mol. The van der Waals surface area contributed by atoms with Crippen molar-refractivity contribution in [1.82, 2.24) is 20.3 Å². The Kier molecular flexibility index (Phi) is 5.13. The number of rotatable bonds is 9. The van der Waals surface area contributed by atoms with Gasteiger partial charge in [0.25, 0.3) is 0 Å². The van der Waals surface area contributed by atoms with Crippen molar-refractivity contribution in [2.45, 2.75) is 64.8 Å². The summed E-state index contributed by atoms with van der Waals surface area (Å²) >= 11 is 0. The minimum atomic E-state index is 0.342. The van der Waals surface area contributed by atoms with E-state index >= 15 is 0 Å². The summed E-state index contributed by atoms with van der Waals surface area (Å²) in [7, 11) is 0. The monoisotopic (exact) mass is 252 g/mol. The number of hydrogen-bond acceptors (Lipinski definition) is 4. The summed E-state index contributed by atoms with van der Waals surface area (Å²) in [6, 6.07) is 0.716. The van der Waals surface area contributed by atoms with E-state index in [1.807, 2.05) is 10.9 Å². The number of nitrogens with zero attached hydrogens (tertiary/aromatic N) is 3. The van der Waals surface area contributed by atoms with Gasteiger partial charge in [-0.3, -0.25) is 0 Å². The van der Waals surface area contributed by atoms with Crippen LogP contribution < -0.4 is 5.32 Å². The Balaban J connectivity index is 1.62. The van der Waals surface area contributed by atoms with Crippen LogP contribution in [-0.2, 0) is 17.8 Å². The third kappa shape index (κ3) is 4.74. The molecule has 5 heteroatoms. The largest absolute Gasteiger partial charge is 0.377 e. The molecule has 1 unspecified atom stereocenters. The van der Waals surface area contributed by atoms with Crippen LogP contribution in [0.5, 0.6) is 0 Å². The summed E-state index contributed by atoms with van der Waals surface area (Å²) < 4.78 is 7.56. The van der Waals surface area contributed by atoms with Crippen molar-refractivity contribution < 1.29 is 4.74 Å². The molecule has 1 atom stereocenters. The molecule has 0 amide bonds.